The molecule has 0 bridgehead atoms. The summed E-state index contributed by atoms with van der Waals surface area (Å²) in [7, 11) is 0. The zero-order valence-electron chi connectivity index (χ0n) is 17.2. The molecule has 7 heteroatoms. The fourth-order valence-corrected chi connectivity index (χ4v) is 6.06. The highest BCUT2D eigenvalue weighted by molar-refractivity contribution is 7.26. The Kier molecular flexibility index (Phi) is 5.37. The zero-order chi connectivity index (χ0) is 19.8. The Hall–Kier alpha value is -1.83. The number of fused-ring (bicyclic) bond motifs is 5. The molecule has 3 aromatic rings. The Morgan fingerprint density at radius 3 is 2.72 bits per heavy atom. The molecule has 0 atom stereocenters. The van der Waals surface area contributed by atoms with Gasteiger partial charge in [-0.2, -0.15) is 0 Å². The van der Waals surface area contributed by atoms with Crippen LogP contribution in [0.25, 0.3) is 20.4 Å². The van der Waals surface area contributed by atoms with E-state index >= 15 is 0 Å². The lowest BCUT2D eigenvalue weighted by Crippen LogP contribution is -2.47. The molecule has 0 spiro atoms. The van der Waals surface area contributed by atoms with Crippen LogP contribution < -0.4 is 4.90 Å². The van der Waals surface area contributed by atoms with Crippen molar-refractivity contribution < 1.29 is 5.11 Å². The maximum absolute atomic E-state index is 9.20. The van der Waals surface area contributed by atoms with E-state index in [2.05, 4.69) is 16.7 Å². The highest BCUT2D eigenvalue weighted by Crippen LogP contribution is 2.42. The second-order valence-corrected chi connectivity index (χ2v) is 9.18. The minimum absolute atomic E-state index is 0.227. The van der Waals surface area contributed by atoms with Crippen molar-refractivity contribution in [2.75, 3.05) is 44.2 Å². The van der Waals surface area contributed by atoms with Crippen LogP contribution in [-0.2, 0) is 19.3 Å². The Labute approximate surface area is 175 Å². The van der Waals surface area contributed by atoms with Crippen molar-refractivity contribution in [2.24, 2.45) is 0 Å². The van der Waals surface area contributed by atoms with Gasteiger partial charge in [0.15, 0.2) is 0 Å². The third-order valence-electron chi connectivity index (χ3n) is 6.39. The molecule has 4 heterocycles. The van der Waals surface area contributed by atoms with Gasteiger partial charge in [-0.25, -0.2) is 15.0 Å². The summed E-state index contributed by atoms with van der Waals surface area (Å²) >= 11 is 1.78. The average Bonchev–Trinajstić information content (AvgIpc) is 3.37. The van der Waals surface area contributed by atoms with Crippen LogP contribution in [0.1, 0.15) is 43.0 Å². The van der Waals surface area contributed by atoms with Crippen molar-refractivity contribution in [3.63, 3.8) is 0 Å². The van der Waals surface area contributed by atoms with Crippen molar-refractivity contribution in [3.8, 4) is 0 Å². The van der Waals surface area contributed by atoms with E-state index in [1.165, 1.54) is 52.6 Å². The summed E-state index contributed by atoms with van der Waals surface area (Å²) in [4.78, 5) is 20.4. The SMILES string of the molecule is CCCCc1nc2sc3c(N4CCN(CCO)CC4)ncnc3c2c2c1CCC2. The molecule has 0 amide bonds. The van der Waals surface area contributed by atoms with E-state index in [0.29, 0.717) is 0 Å². The number of aromatic nitrogens is 3. The van der Waals surface area contributed by atoms with Crippen LogP contribution in [0.4, 0.5) is 5.82 Å². The molecule has 0 aromatic carbocycles. The topological polar surface area (TPSA) is 65.4 Å². The molecule has 29 heavy (non-hydrogen) atoms. The van der Waals surface area contributed by atoms with Crippen LogP contribution in [0.2, 0.25) is 0 Å². The first-order valence-electron chi connectivity index (χ1n) is 11.0. The molecule has 1 saturated heterocycles. The van der Waals surface area contributed by atoms with Gasteiger partial charge in [0.25, 0.3) is 0 Å². The summed E-state index contributed by atoms with van der Waals surface area (Å²) in [6.07, 6.45) is 8.79. The largest absolute Gasteiger partial charge is 0.395 e. The van der Waals surface area contributed by atoms with Gasteiger partial charge < -0.3 is 10.0 Å². The zero-order valence-corrected chi connectivity index (χ0v) is 18.0. The molecule has 2 aliphatic rings. The lowest BCUT2D eigenvalue weighted by atomic mass is 10.0. The minimum Gasteiger partial charge on any atom is -0.395 e. The molecular formula is C22H29N5OS. The summed E-state index contributed by atoms with van der Waals surface area (Å²) in [6, 6.07) is 0. The number of unbranched alkanes of at least 4 members (excludes halogenated alkanes) is 1. The second-order valence-electron chi connectivity index (χ2n) is 8.18. The third kappa shape index (κ3) is 3.39. The monoisotopic (exact) mass is 411 g/mol. The number of aliphatic hydroxyl groups is 1. The van der Waals surface area contributed by atoms with E-state index in [0.717, 1.165) is 61.7 Å². The molecule has 0 unspecified atom stereocenters. The quantitative estimate of drug-likeness (QED) is 0.672. The van der Waals surface area contributed by atoms with E-state index < -0.39 is 0 Å². The fraction of sp³-hybridized carbons (Fsp3) is 0.591. The number of hydrogen-bond donors (Lipinski definition) is 1. The van der Waals surface area contributed by atoms with E-state index in [-0.39, 0.29) is 6.61 Å². The molecule has 1 N–H and O–H groups in total. The van der Waals surface area contributed by atoms with Gasteiger partial charge >= 0.3 is 0 Å². The number of β-amino-alcohol motifs (C(OH)–C–C–N with tert-alkyl or cyclic N) is 1. The second kappa shape index (κ2) is 8.13. The Bertz CT molecular complexity index is 1030. The Morgan fingerprint density at radius 2 is 1.93 bits per heavy atom. The van der Waals surface area contributed by atoms with Crippen molar-refractivity contribution in [3.05, 3.63) is 23.1 Å². The maximum atomic E-state index is 9.20. The lowest BCUT2D eigenvalue weighted by Gasteiger charge is -2.35. The van der Waals surface area contributed by atoms with Gasteiger partial charge in [-0.1, -0.05) is 13.3 Å². The number of piperazine rings is 1. The van der Waals surface area contributed by atoms with E-state index in [9.17, 15) is 5.11 Å². The highest BCUT2D eigenvalue weighted by atomic mass is 32.1. The normalized spacial score (nSPS) is 17.5. The van der Waals surface area contributed by atoms with Crippen LogP contribution >= 0.6 is 11.3 Å². The van der Waals surface area contributed by atoms with Gasteiger partial charge in [0.2, 0.25) is 0 Å². The Balaban J connectivity index is 1.57. The number of thiophene rings is 1. The smallest absolute Gasteiger partial charge is 0.150 e. The van der Waals surface area contributed by atoms with Crippen molar-refractivity contribution in [1.29, 1.82) is 0 Å². The van der Waals surface area contributed by atoms with Crippen molar-refractivity contribution in [2.45, 2.75) is 45.4 Å². The number of rotatable bonds is 6. The molecule has 0 radical (unpaired) electrons. The summed E-state index contributed by atoms with van der Waals surface area (Å²) in [6.45, 7) is 7.04. The number of nitrogens with zero attached hydrogens (tertiary/aromatic N) is 5. The van der Waals surface area contributed by atoms with E-state index in [1.807, 2.05) is 0 Å². The van der Waals surface area contributed by atoms with Crippen LogP contribution in [0.5, 0.6) is 0 Å². The predicted octanol–water partition coefficient (Wildman–Crippen LogP) is 3.19. The van der Waals surface area contributed by atoms with Gasteiger partial charge in [0.1, 0.15) is 17.0 Å². The van der Waals surface area contributed by atoms with Crippen LogP contribution in [-0.4, -0.2) is 64.3 Å². The molecule has 6 nitrogen and oxygen atoms in total. The van der Waals surface area contributed by atoms with Gasteiger partial charge in [0, 0.05) is 43.8 Å². The van der Waals surface area contributed by atoms with E-state index in [1.54, 1.807) is 17.7 Å². The van der Waals surface area contributed by atoms with Crippen molar-refractivity contribution >= 4 is 37.6 Å². The van der Waals surface area contributed by atoms with Crippen molar-refractivity contribution in [1.82, 2.24) is 19.9 Å². The first-order chi connectivity index (χ1) is 14.3. The molecule has 5 rings (SSSR count). The fourth-order valence-electron chi connectivity index (χ4n) is 4.87. The van der Waals surface area contributed by atoms with Gasteiger partial charge in [-0.15, -0.1) is 11.3 Å². The van der Waals surface area contributed by atoms with Gasteiger partial charge in [-0.05, 0) is 43.2 Å². The predicted molar refractivity (Wildman–Crippen MR) is 119 cm³/mol. The molecule has 1 aliphatic carbocycles. The molecule has 1 fully saturated rings. The molecular weight excluding hydrogens is 382 g/mol. The first-order valence-corrected chi connectivity index (χ1v) is 11.8. The summed E-state index contributed by atoms with van der Waals surface area (Å²) < 4.78 is 1.19. The number of anilines is 1. The van der Waals surface area contributed by atoms with Crippen LogP contribution in [0.15, 0.2) is 6.33 Å². The Morgan fingerprint density at radius 1 is 1.10 bits per heavy atom. The van der Waals surface area contributed by atoms with E-state index in [4.69, 9.17) is 15.0 Å². The summed E-state index contributed by atoms with van der Waals surface area (Å²) in [5.41, 5.74) is 5.43. The minimum atomic E-state index is 0.227. The third-order valence-corrected chi connectivity index (χ3v) is 7.46. The molecule has 3 aromatic heterocycles. The highest BCUT2D eigenvalue weighted by Gasteiger charge is 2.26. The number of aliphatic hydroxyl groups excluding tert-OH is 1. The van der Waals surface area contributed by atoms with Crippen LogP contribution in [0, 0.1) is 0 Å². The average molecular weight is 412 g/mol. The number of aryl methyl sites for hydroxylation is 2. The summed E-state index contributed by atoms with van der Waals surface area (Å²) in [5, 5.41) is 10.5. The molecule has 1 aliphatic heterocycles. The standard InChI is InChI=1S/C22H29N5OS/c1-2-3-7-17-15-5-4-6-16(15)18-19-20(29-22(18)25-17)21(24-14-23-19)27-10-8-26(9-11-27)12-13-28/h14,28H,2-13H2,1H3. The molecule has 0 saturated carbocycles. The maximum Gasteiger partial charge on any atom is 0.150 e. The number of pyridine rings is 1. The summed E-state index contributed by atoms with van der Waals surface area (Å²) in [5.74, 6) is 1.06. The van der Waals surface area contributed by atoms with Crippen LogP contribution in [0.3, 0.4) is 0 Å². The van der Waals surface area contributed by atoms with Gasteiger partial charge in [-0.3, -0.25) is 4.90 Å². The lowest BCUT2D eigenvalue weighted by molar-refractivity contribution is 0.188. The van der Waals surface area contributed by atoms with Gasteiger partial charge in [0.05, 0.1) is 16.8 Å². The first kappa shape index (κ1) is 19.2. The molecule has 154 valence electrons. The number of hydrogen-bond acceptors (Lipinski definition) is 7.